The Morgan fingerprint density at radius 1 is 1.12 bits per heavy atom. The molecule has 120 valence electrons. The molecule has 0 aliphatic rings. The summed E-state index contributed by atoms with van der Waals surface area (Å²) in [5, 5.41) is 0.612. The molecule has 0 saturated carbocycles. The predicted molar refractivity (Wildman–Crippen MR) is 92.3 cm³/mol. The lowest BCUT2D eigenvalue weighted by atomic mass is 9.99. The largest absolute Gasteiger partial charge is 0.370 e. The van der Waals surface area contributed by atoms with E-state index < -0.39 is 11.7 Å². The zero-order valence-electron chi connectivity index (χ0n) is 12.3. The molecule has 0 spiro atoms. The van der Waals surface area contributed by atoms with Gasteiger partial charge in [0.05, 0.1) is 10.5 Å². The van der Waals surface area contributed by atoms with Crippen molar-refractivity contribution in [2.24, 2.45) is 16.5 Å². The number of carbonyl (C=O) groups is 1. The van der Waals surface area contributed by atoms with Crippen molar-refractivity contribution in [2.45, 2.75) is 0 Å². The Balaban J connectivity index is 2.24. The fourth-order valence-electron chi connectivity index (χ4n) is 2.41. The second-order valence-corrected chi connectivity index (χ2v) is 5.44. The maximum Gasteiger partial charge on any atom is 0.280 e. The Morgan fingerprint density at radius 2 is 1.92 bits per heavy atom. The molecule has 0 unspecified atom stereocenters. The molecule has 0 fully saturated rings. The minimum atomic E-state index is -0.585. The quantitative estimate of drug-likeness (QED) is 0.552. The normalized spacial score (nSPS) is 10.6. The van der Waals surface area contributed by atoms with E-state index in [0.717, 1.165) is 0 Å². The second kappa shape index (κ2) is 6.25. The highest BCUT2D eigenvalue weighted by molar-refractivity contribution is 6.31. The van der Waals surface area contributed by atoms with Crippen molar-refractivity contribution in [1.82, 2.24) is 4.98 Å². The summed E-state index contributed by atoms with van der Waals surface area (Å²) in [7, 11) is 0. The number of amides is 1. The molecule has 0 atom stereocenters. The first kappa shape index (κ1) is 15.9. The lowest BCUT2D eigenvalue weighted by Gasteiger charge is -2.09. The summed E-state index contributed by atoms with van der Waals surface area (Å²) in [5.41, 5.74) is 12.2. The van der Waals surface area contributed by atoms with Gasteiger partial charge in [0.2, 0.25) is 0 Å². The smallest absolute Gasteiger partial charge is 0.280 e. The number of fused-ring (bicyclic) bond motifs is 1. The number of nitrogens with zero attached hydrogens (tertiary/aromatic N) is 2. The highest BCUT2D eigenvalue weighted by Gasteiger charge is 2.14. The van der Waals surface area contributed by atoms with E-state index in [-0.39, 0.29) is 16.5 Å². The maximum atomic E-state index is 14.4. The highest BCUT2D eigenvalue weighted by Crippen LogP contribution is 2.32. The number of rotatable bonds is 2. The third-order valence-corrected chi connectivity index (χ3v) is 3.75. The summed E-state index contributed by atoms with van der Waals surface area (Å²) >= 11 is 5.86. The van der Waals surface area contributed by atoms with Crippen LogP contribution in [0, 0.1) is 5.82 Å². The lowest BCUT2D eigenvalue weighted by molar-refractivity contribution is 0.100. The van der Waals surface area contributed by atoms with E-state index in [1.54, 1.807) is 42.6 Å². The SMILES string of the molecule is NC(N)=NC(=O)c1ccc2nccc(-c3cccc(Cl)c3F)c2c1. The Morgan fingerprint density at radius 3 is 2.67 bits per heavy atom. The molecule has 0 aliphatic heterocycles. The van der Waals surface area contributed by atoms with Crippen LogP contribution >= 0.6 is 11.6 Å². The molecule has 0 radical (unpaired) electrons. The van der Waals surface area contributed by atoms with E-state index in [4.69, 9.17) is 23.1 Å². The van der Waals surface area contributed by atoms with Crippen molar-refractivity contribution in [3.05, 3.63) is 65.1 Å². The van der Waals surface area contributed by atoms with E-state index in [1.165, 1.54) is 6.07 Å². The summed E-state index contributed by atoms with van der Waals surface area (Å²) in [6.45, 7) is 0. The monoisotopic (exact) mass is 342 g/mol. The van der Waals surface area contributed by atoms with Crippen LogP contribution in [-0.4, -0.2) is 16.9 Å². The van der Waals surface area contributed by atoms with Crippen molar-refractivity contribution in [3.63, 3.8) is 0 Å². The number of halogens is 2. The van der Waals surface area contributed by atoms with E-state index in [2.05, 4.69) is 9.98 Å². The molecule has 3 rings (SSSR count). The fraction of sp³-hybridized carbons (Fsp3) is 0. The van der Waals surface area contributed by atoms with Gasteiger partial charge in [-0.15, -0.1) is 0 Å². The summed E-state index contributed by atoms with van der Waals surface area (Å²) in [6, 6.07) is 11.2. The predicted octanol–water partition coefficient (Wildman–Crippen LogP) is 3.11. The van der Waals surface area contributed by atoms with Gasteiger partial charge in [-0.25, -0.2) is 4.39 Å². The van der Waals surface area contributed by atoms with Gasteiger partial charge in [0.25, 0.3) is 5.91 Å². The lowest BCUT2D eigenvalue weighted by Crippen LogP contribution is -2.24. The molecular formula is C17H12ClFN4O. The van der Waals surface area contributed by atoms with Crippen LogP contribution < -0.4 is 11.5 Å². The van der Waals surface area contributed by atoms with Gasteiger partial charge in [0.15, 0.2) is 5.96 Å². The molecule has 7 heteroatoms. The average Bonchev–Trinajstić information content (AvgIpc) is 2.56. The van der Waals surface area contributed by atoms with Crippen LogP contribution in [-0.2, 0) is 0 Å². The molecule has 2 aromatic carbocycles. The van der Waals surface area contributed by atoms with Crippen LogP contribution in [0.3, 0.4) is 0 Å². The number of carbonyl (C=O) groups excluding carboxylic acids is 1. The van der Waals surface area contributed by atoms with Gasteiger partial charge in [-0.3, -0.25) is 9.78 Å². The molecule has 5 nitrogen and oxygen atoms in total. The third-order valence-electron chi connectivity index (χ3n) is 3.46. The third kappa shape index (κ3) is 2.91. The Labute approximate surface area is 141 Å². The number of aromatic nitrogens is 1. The van der Waals surface area contributed by atoms with Gasteiger partial charge in [0.1, 0.15) is 5.82 Å². The van der Waals surface area contributed by atoms with Crippen LogP contribution in [0.5, 0.6) is 0 Å². The van der Waals surface area contributed by atoms with Crippen LogP contribution in [0.1, 0.15) is 10.4 Å². The van der Waals surface area contributed by atoms with Crippen LogP contribution in [0.4, 0.5) is 4.39 Å². The fourth-order valence-corrected chi connectivity index (χ4v) is 2.58. The molecule has 1 aromatic heterocycles. The molecule has 24 heavy (non-hydrogen) atoms. The number of hydrogen-bond donors (Lipinski definition) is 2. The van der Waals surface area contributed by atoms with Crippen molar-refractivity contribution < 1.29 is 9.18 Å². The number of benzene rings is 2. The van der Waals surface area contributed by atoms with Crippen molar-refractivity contribution in [2.75, 3.05) is 0 Å². The number of pyridine rings is 1. The van der Waals surface area contributed by atoms with E-state index in [1.807, 2.05) is 0 Å². The second-order valence-electron chi connectivity index (χ2n) is 5.03. The number of guanidine groups is 1. The van der Waals surface area contributed by atoms with Crippen molar-refractivity contribution >= 4 is 34.4 Å². The van der Waals surface area contributed by atoms with Gasteiger partial charge < -0.3 is 11.5 Å². The zero-order valence-corrected chi connectivity index (χ0v) is 13.1. The molecule has 0 aliphatic carbocycles. The van der Waals surface area contributed by atoms with E-state index >= 15 is 0 Å². The molecule has 0 bridgehead atoms. The summed E-state index contributed by atoms with van der Waals surface area (Å²) in [5.74, 6) is -1.45. The van der Waals surface area contributed by atoms with Gasteiger partial charge in [-0.1, -0.05) is 23.7 Å². The molecular weight excluding hydrogens is 331 g/mol. The molecule has 3 aromatic rings. The minimum Gasteiger partial charge on any atom is -0.370 e. The summed E-state index contributed by atoms with van der Waals surface area (Å²) in [6.07, 6.45) is 1.57. The molecule has 4 N–H and O–H groups in total. The number of nitrogens with two attached hydrogens (primary N) is 2. The van der Waals surface area contributed by atoms with Crippen LogP contribution in [0.25, 0.3) is 22.0 Å². The molecule has 0 saturated heterocycles. The van der Waals surface area contributed by atoms with Crippen molar-refractivity contribution in [3.8, 4) is 11.1 Å². The first-order valence-corrected chi connectivity index (χ1v) is 7.32. The topological polar surface area (TPSA) is 94.4 Å². The highest BCUT2D eigenvalue weighted by atomic mass is 35.5. The van der Waals surface area contributed by atoms with E-state index in [9.17, 15) is 9.18 Å². The van der Waals surface area contributed by atoms with Crippen LogP contribution in [0.2, 0.25) is 5.02 Å². The maximum absolute atomic E-state index is 14.4. The van der Waals surface area contributed by atoms with E-state index in [0.29, 0.717) is 22.0 Å². The average molecular weight is 343 g/mol. The standard InChI is InChI=1S/C17H12ClFN4O/c18-13-3-1-2-11(15(13)19)10-6-7-22-14-5-4-9(8-12(10)14)16(24)23-17(20)21/h1-8H,(H4,20,21,23,24). The first-order valence-electron chi connectivity index (χ1n) is 6.94. The van der Waals surface area contributed by atoms with Crippen LogP contribution in [0.15, 0.2) is 53.7 Å². The number of hydrogen-bond acceptors (Lipinski definition) is 2. The Hall–Kier alpha value is -2.99. The van der Waals surface area contributed by atoms with Crippen molar-refractivity contribution in [1.29, 1.82) is 0 Å². The molecule has 1 amide bonds. The first-order chi connectivity index (χ1) is 11.5. The summed E-state index contributed by atoms with van der Waals surface area (Å²) < 4.78 is 14.4. The zero-order chi connectivity index (χ0) is 17.3. The van der Waals surface area contributed by atoms with Gasteiger partial charge >= 0.3 is 0 Å². The minimum absolute atomic E-state index is 0.0187. The number of aliphatic imine (C=N–C) groups is 1. The summed E-state index contributed by atoms with van der Waals surface area (Å²) in [4.78, 5) is 19.7. The Bertz CT molecular complexity index is 983. The van der Waals surface area contributed by atoms with Gasteiger partial charge in [-0.2, -0.15) is 4.99 Å². The van der Waals surface area contributed by atoms with Gasteiger partial charge in [0, 0.05) is 22.7 Å². The Kier molecular flexibility index (Phi) is 4.14. The molecule has 1 heterocycles. The van der Waals surface area contributed by atoms with Gasteiger partial charge in [-0.05, 0) is 35.9 Å².